The molecule has 3 heteroatoms. The van der Waals surface area contributed by atoms with E-state index in [1.165, 1.54) is 0 Å². The normalized spacial score (nSPS) is 25.7. The van der Waals surface area contributed by atoms with E-state index in [4.69, 9.17) is 10.00 Å². The van der Waals surface area contributed by atoms with Gasteiger partial charge in [0, 0.05) is 6.54 Å². The molecule has 1 atom stereocenters. The van der Waals surface area contributed by atoms with Gasteiger partial charge in [-0.1, -0.05) is 0 Å². The number of nitrogens with zero attached hydrogens (tertiary/aromatic N) is 1. The Kier molecular flexibility index (Phi) is 3.20. The average molecular weight is 140 g/mol. The summed E-state index contributed by atoms with van der Waals surface area (Å²) in [6.07, 6.45) is 2.53. The summed E-state index contributed by atoms with van der Waals surface area (Å²) < 4.78 is 5.21. The third-order valence-corrected chi connectivity index (χ3v) is 1.64. The minimum absolute atomic E-state index is 0.229. The van der Waals surface area contributed by atoms with Crippen molar-refractivity contribution in [2.45, 2.75) is 18.9 Å². The van der Waals surface area contributed by atoms with E-state index in [0.29, 0.717) is 0 Å². The molecule has 0 unspecified atom stereocenters. The minimum atomic E-state index is 0.229. The summed E-state index contributed by atoms with van der Waals surface area (Å²) in [6, 6.07) is 1.96. The lowest BCUT2D eigenvalue weighted by atomic mass is 10.1. The van der Waals surface area contributed by atoms with Gasteiger partial charge >= 0.3 is 0 Å². The second kappa shape index (κ2) is 4.26. The Morgan fingerprint density at radius 3 is 3.20 bits per heavy atom. The minimum Gasteiger partial charge on any atom is -0.362 e. The summed E-state index contributed by atoms with van der Waals surface area (Å²) in [7, 11) is 0. The molecule has 0 amide bonds. The predicted molar refractivity (Wildman–Crippen MR) is 37.5 cm³/mol. The Morgan fingerprint density at radius 1 is 1.70 bits per heavy atom. The van der Waals surface area contributed by atoms with Crippen LogP contribution in [-0.2, 0) is 4.74 Å². The molecule has 0 aliphatic carbocycles. The van der Waals surface area contributed by atoms with E-state index in [2.05, 4.69) is 5.32 Å². The van der Waals surface area contributed by atoms with Gasteiger partial charge in [0.2, 0.25) is 0 Å². The zero-order chi connectivity index (χ0) is 7.23. The number of nitriles is 1. The molecule has 0 spiro atoms. The predicted octanol–water partition coefficient (Wildman–Crippen LogP) is 0.279. The topological polar surface area (TPSA) is 45.0 Å². The first kappa shape index (κ1) is 7.52. The molecule has 10 heavy (non-hydrogen) atoms. The van der Waals surface area contributed by atoms with E-state index in [0.717, 1.165) is 25.9 Å². The maximum atomic E-state index is 8.20. The van der Waals surface area contributed by atoms with Crippen LogP contribution in [0, 0.1) is 11.3 Å². The van der Waals surface area contributed by atoms with Crippen molar-refractivity contribution in [2.24, 2.45) is 0 Å². The molecule has 1 aliphatic rings. The van der Waals surface area contributed by atoms with Gasteiger partial charge in [0.05, 0.1) is 12.2 Å². The SMILES string of the molecule is N#CCO[C@H]1CCCNC1. The Hall–Kier alpha value is -0.590. The highest BCUT2D eigenvalue weighted by atomic mass is 16.5. The maximum Gasteiger partial charge on any atom is 0.134 e. The third kappa shape index (κ3) is 2.34. The van der Waals surface area contributed by atoms with E-state index >= 15 is 0 Å². The molecule has 1 heterocycles. The van der Waals surface area contributed by atoms with Gasteiger partial charge in [0.1, 0.15) is 6.61 Å². The Morgan fingerprint density at radius 2 is 2.60 bits per heavy atom. The Balaban J connectivity index is 2.09. The van der Waals surface area contributed by atoms with Gasteiger partial charge in [-0.15, -0.1) is 0 Å². The molecule has 1 fully saturated rings. The monoisotopic (exact) mass is 140 g/mol. The summed E-state index contributed by atoms with van der Waals surface area (Å²) in [5.74, 6) is 0. The molecule has 3 nitrogen and oxygen atoms in total. The standard InChI is InChI=1S/C7H12N2O/c8-3-5-10-7-2-1-4-9-6-7/h7,9H,1-2,4-6H2/t7-/m0/s1. The highest BCUT2D eigenvalue weighted by Gasteiger charge is 2.11. The van der Waals surface area contributed by atoms with Gasteiger partial charge in [0.25, 0.3) is 0 Å². The quantitative estimate of drug-likeness (QED) is 0.599. The van der Waals surface area contributed by atoms with Crippen molar-refractivity contribution in [1.82, 2.24) is 5.32 Å². The van der Waals surface area contributed by atoms with Crippen LogP contribution in [0.5, 0.6) is 0 Å². The largest absolute Gasteiger partial charge is 0.362 e. The van der Waals surface area contributed by atoms with E-state index in [9.17, 15) is 0 Å². The molecule has 0 aromatic carbocycles. The van der Waals surface area contributed by atoms with Crippen molar-refractivity contribution in [1.29, 1.82) is 5.26 Å². The van der Waals surface area contributed by atoms with Gasteiger partial charge < -0.3 is 10.1 Å². The molecule has 0 aromatic heterocycles. The zero-order valence-corrected chi connectivity index (χ0v) is 5.97. The number of piperidine rings is 1. The summed E-state index contributed by atoms with van der Waals surface area (Å²) in [5.41, 5.74) is 0. The number of rotatable bonds is 2. The maximum absolute atomic E-state index is 8.20. The van der Waals surface area contributed by atoms with Crippen LogP contribution >= 0.6 is 0 Å². The number of nitrogens with one attached hydrogen (secondary N) is 1. The van der Waals surface area contributed by atoms with Gasteiger partial charge in [-0.2, -0.15) is 5.26 Å². The molecule has 1 rings (SSSR count). The highest BCUT2D eigenvalue weighted by Crippen LogP contribution is 2.04. The van der Waals surface area contributed by atoms with Gasteiger partial charge in [-0.3, -0.25) is 0 Å². The fourth-order valence-corrected chi connectivity index (χ4v) is 1.12. The second-order valence-corrected chi connectivity index (χ2v) is 2.44. The highest BCUT2D eigenvalue weighted by molar-refractivity contribution is 4.73. The van der Waals surface area contributed by atoms with Crippen LogP contribution in [0.1, 0.15) is 12.8 Å². The molecule has 0 saturated carbocycles. The van der Waals surface area contributed by atoms with Crippen LogP contribution in [-0.4, -0.2) is 25.8 Å². The van der Waals surface area contributed by atoms with E-state index < -0.39 is 0 Å². The Bertz CT molecular complexity index is 124. The lowest BCUT2D eigenvalue weighted by molar-refractivity contribution is 0.0584. The number of ether oxygens (including phenoxy) is 1. The summed E-state index contributed by atoms with van der Waals surface area (Å²) in [4.78, 5) is 0. The van der Waals surface area contributed by atoms with Crippen LogP contribution in [0.25, 0.3) is 0 Å². The van der Waals surface area contributed by atoms with Crippen molar-refractivity contribution in [3.63, 3.8) is 0 Å². The summed E-state index contributed by atoms with van der Waals surface area (Å²) >= 11 is 0. The average Bonchev–Trinajstić information content (AvgIpc) is 2.03. The first-order valence-electron chi connectivity index (χ1n) is 3.63. The van der Waals surface area contributed by atoms with E-state index in [1.807, 2.05) is 6.07 Å². The number of hydrogen-bond donors (Lipinski definition) is 1. The van der Waals surface area contributed by atoms with Crippen LogP contribution < -0.4 is 5.32 Å². The third-order valence-electron chi connectivity index (χ3n) is 1.64. The van der Waals surface area contributed by atoms with Gasteiger partial charge in [-0.25, -0.2) is 0 Å². The van der Waals surface area contributed by atoms with Crippen LogP contribution in [0.4, 0.5) is 0 Å². The molecule has 0 aromatic rings. The van der Waals surface area contributed by atoms with Crippen LogP contribution in [0.3, 0.4) is 0 Å². The molecule has 56 valence electrons. The molecule has 1 N–H and O–H groups in total. The van der Waals surface area contributed by atoms with Crippen molar-refractivity contribution >= 4 is 0 Å². The molecular formula is C7H12N2O. The molecule has 0 bridgehead atoms. The van der Waals surface area contributed by atoms with E-state index in [1.54, 1.807) is 0 Å². The van der Waals surface area contributed by atoms with Gasteiger partial charge in [-0.05, 0) is 19.4 Å². The lowest BCUT2D eigenvalue weighted by Gasteiger charge is -2.21. The van der Waals surface area contributed by atoms with Crippen LogP contribution in [0.2, 0.25) is 0 Å². The smallest absolute Gasteiger partial charge is 0.134 e. The number of hydrogen-bond acceptors (Lipinski definition) is 3. The van der Waals surface area contributed by atoms with E-state index in [-0.39, 0.29) is 12.7 Å². The fourth-order valence-electron chi connectivity index (χ4n) is 1.12. The first-order chi connectivity index (χ1) is 4.93. The van der Waals surface area contributed by atoms with Gasteiger partial charge in [0.15, 0.2) is 0 Å². The fraction of sp³-hybridized carbons (Fsp3) is 0.857. The molecular weight excluding hydrogens is 128 g/mol. The second-order valence-electron chi connectivity index (χ2n) is 2.44. The van der Waals surface area contributed by atoms with Crippen molar-refractivity contribution in [3.8, 4) is 6.07 Å². The lowest BCUT2D eigenvalue weighted by Crippen LogP contribution is -2.35. The van der Waals surface area contributed by atoms with Crippen molar-refractivity contribution in [3.05, 3.63) is 0 Å². The first-order valence-corrected chi connectivity index (χ1v) is 3.63. The summed E-state index contributed by atoms with van der Waals surface area (Å²) in [6.45, 7) is 2.22. The zero-order valence-electron chi connectivity index (χ0n) is 5.97. The van der Waals surface area contributed by atoms with Crippen molar-refractivity contribution in [2.75, 3.05) is 19.7 Å². The van der Waals surface area contributed by atoms with Crippen LogP contribution in [0.15, 0.2) is 0 Å². The molecule has 0 radical (unpaired) electrons. The molecule has 1 saturated heterocycles. The Labute approximate surface area is 61.0 Å². The molecule has 1 aliphatic heterocycles. The van der Waals surface area contributed by atoms with Crippen molar-refractivity contribution < 1.29 is 4.74 Å². The summed E-state index contributed by atoms with van der Waals surface area (Å²) in [5, 5.41) is 11.4.